The summed E-state index contributed by atoms with van der Waals surface area (Å²) in [5, 5.41) is 12.1. The molecule has 0 saturated heterocycles. The molecule has 246 valence electrons. The molecule has 0 spiro atoms. The minimum atomic E-state index is 0.885. The average Bonchev–Trinajstić information content (AvgIpc) is 3.89. The molecule has 3 heterocycles. The van der Waals surface area contributed by atoms with Gasteiger partial charge in [0.2, 0.25) is 0 Å². The van der Waals surface area contributed by atoms with E-state index in [1.54, 1.807) is 0 Å². The first-order chi connectivity index (χ1) is 26.3. The van der Waals surface area contributed by atoms with Gasteiger partial charge in [0.25, 0.3) is 0 Å². The second-order valence-corrected chi connectivity index (χ2v) is 14.1. The van der Waals surface area contributed by atoms with Crippen LogP contribution in [0, 0.1) is 0 Å². The summed E-state index contributed by atoms with van der Waals surface area (Å²) in [5.41, 5.74) is 11.1. The second kappa shape index (κ2) is 10.7. The van der Waals surface area contributed by atoms with Crippen molar-refractivity contribution in [2.45, 2.75) is 0 Å². The molecule has 0 saturated carbocycles. The van der Waals surface area contributed by atoms with E-state index in [0.717, 1.165) is 44.4 Å². The van der Waals surface area contributed by atoms with Crippen molar-refractivity contribution in [1.82, 2.24) is 9.13 Å². The molecule has 3 nitrogen and oxygen atoms in total. The highest BCUT2D eigenvalue weighted by Gasteiger charge is 2.24. The van der Waals surface area contributed by atoms with Gasteiger partial charge in [0.15, 0.2) is 5.58 Å². The van der Waals surface area contributed by atoms with Crippen LogP contribution in [-0.2, 0) is 0 Å². The molecule has 12 rings (SSSR count). The van der Waals surface area contributed by atoms with Crippen molar-refractivity contribution in [3.63, 3.8) is 0 Å². The summed E-state index contributed by atoms with van der Waals surface area (Å²) in [4.78, 5) is 0. The topological polar surface area (TPSA) is 23.0 Å². The van der Waals surface area contributed by atoms with Crippen LogP contribution in [0.2, 0.25) is 0 Å². The lowest BCUT2D eigenvalue weighted by Gasteiger charge is -2.10. The molecule has 0 bridgehead atoms. The van der Waals surface area contributed by atoms with Crippen LogP contribution in [-0.4, -0.2) is 9.13 Å². The minimum Gasteiger partial charge on any atom is -0.454 e. The normalized spacial score (nSPS) is 12.2. The number of rotatable bonds is 3. The van der Waals surface area contributed by atoms with Gasteiger partial charge in [-0.25, -0.2) is 0 Å². The van der Waals surface area contributed by atoms with Crippen molar-refractivity contribution in [2.24, 2.45) is 0 Å². The zero-order chi connectivity index (χ0) is 34.6. The van der Waals surface area contributed by atoms with Crippen LogP contribution in [0.15, 0.2) is 186 Å². The molecular formula is C50H30N2O. The average molecular weight is 675 g/mol. The summed E-state index contributed by atoms with van der Waals surface area (Å²) >= 11 is 0. The Bertz CT molecular complexity index is 3440. The Morgan fingerprint density at radius 1 is 0.340 bits per heavy atom. The third-order valence-corrected chi connectivity index (χ3v) is 11.3. The van der Waals surface area contributed by atoms with E-state index in [9.17, 15) is 0 Å². The lowest BCUT2D eigenvalue weighted by Crippen LogP contribution is -1.94. The van der Waals surface area contributed by atoms with Crippen LogP contribution < -0.4 is 0 Å². The van der Waals surface area contributed by atoms with E-state index in [1.807, 2.05) is 0 Å². The first-order valence-electron chi connectivity index (χ1n) is 18.2. The Kier molecular flexibility index (Phi) is 5.77. The summed E-state index contributed by atoms with van der Waals surface area (Å²) in [7, 11) is 0. The number of nitrogens with zero attached hydrogens (tertiary/aromatic N) is 2. The molecule has 0 radical (unpaired) electrons. The Hall–Kier alpha value is -7.10. The van der Waals surface area contributed by atoms with Crippen molar-refractivity contribution in [3.8, 4) is 22.5 Å². The molecule has 53 heavy (non-hydrogen) atoms. The van der Waals surface area contributed by atoms with Crippen molar-refractivity contribution < 1.29 is 4.42 Å². The fourth-order valence-corrected chi connectivity index (χ4v) is 9.01. The summed E-state index contributed by atoms with van der Waals surface area (Å²) in [6.45, 7) is 0. The van der Waals surface area contributed by atoms with Crippen LogP contribution in [0.5, 0.6) is 0 Å². The Labute approximate surface area is 304 Å². The van der Waals surface area contributed by atoms with Gasteiger partial charge in [0.05, 0.1) is 22.1 Å². The van der Waals surface area contributed by atoms with E-state index in [-0.39, 0.29) is 0 Å². The molecule has 0 aliphatic rings. The predicted molar refractivity (Wildman–Crippen MR) is 223 cm³/mol. The number of fused-ring (bicyclic) bond motifs is 15. The summed E-state index contributed by atoms with van der Waals surface area (Å²) < 4.78 is 11.8. The van der Waals surface area contributed by atoms with Crippen molar-refractivity contribution in [3.05, 3.63) is 182 Å². The maximum atomic E-state index is 7.03. The SMILES string of the molecule is c1ccc(-n2c3ccccc3c3ccc(-c4ccc5oc6c(c5c4)c4ccccc4c4c5ccc7ccccc7c5n(-c5ccccc5)c64)cc32)cc1. The molecular weight excluding hydrogens is 645 g/mol. The lowest BCUT2D eigenvalue weighted by molar-refractivity contribution is 0.671. The van der Waals surface area contributed by atoms with Crippen LogP contribution in [0.3, 0.4) is 0 Å². The van der Waals surface area contributed by atoms with E-state index in [4.69, 9.17) is 4.42 Å². The zero-order valence-corrected chi connectivity index (χ0v) is 28.6. The smallest absolute Gasteiger partial charge is 0.160 e. The van der Waals surface area contributed by atoms with Crippen molar-refractivity contribution in [1.29, 1.82) is 0 Å². The second-order valence-electron chi connectivity index (χ2n) is 14.1. The van der Waals surface area contributed by atoms with Crippen LogP contribution in [0.1, 0.15) is 0 Å². The molecule has 3 heteroatoms. The molecule has 0 aliphatic heterocycles. The summed E-state index contributed by atoms with van der Waals surface area (Å²) in [6, 6.07) is 65.8. The molecule has 9 aromatic carbocycles. The minimum absolute atomic E-state index is 0.885. The Morgan fingerprint density at radius 2 is 0.925 bits per heavy atom. The van der Waals surface area contributed by atoms with Gasteiger partial charge in [-0.05, 0) is 75.8 Å². The van der Waals surface area contributed by atoms with Gasteiger partial charge in [-0.2, -0.15) is 0 Å². The van der Waals surface area contributed by atoms with Crippen molar-refractivity contribution >= 4 is 87.1 Å². The monoisotopic (exact) mass is 674 g/mol. The standard InChI is InChI=1S/C50H30N2O/c1-3-14-34(15-4-1)51-43-22-12-11-19-37(43)38-26-24-33(30-44(38)51)32-25-28-45-42(29-32)47-40-21-10-9-20-39(40)46-41-27-23-31-13-7-8-18-36(31)48(41)52(49(46)50(47)53-45)35-16-5-2-6-17-35/h1-30H. The number of hydrogen-bond acceptors (Lipinski definition) is 1. The van der Waals surface area contributed by atoms with E-state index >= 15 is 0 Å². The highest BCUT2D eigenvalue weighted by Crippen LogP contribution is 2.47. The quantitative estimate of drug-likeness (QED) is 0.183. The fraction of sp³-hybridized carbons (Fsp3) is 0. The first kappa shape index (κ1) is 28.6. The highest BCUT2D eigenvalue weighted by molar-refractivity contribution is 6.36. The van der Waals surface area contributed by atoms with Gasteiger partial charge in [0.1, 0.15) is 5.58 Å². The third-order valence-electron chi connectivity index (χ3n) is 11.3. The van der Waals surface area contributed by atoms with Crippen molar-refractivity contribution in [2.75, 3.05) is 0 Å². The number of aromatic nitrogens is 2. The van der Waals surface area contributed by atoms with Gasteiger partial charge in [-0.15, -0.1) is 0 Å². The molecule has 0 atom stereocenters. The maximum absolute atomic E-state index is 7.03. The summed E-state index contributed by atoms with van der Waals surface area (Å²) in [5.74, 6) is 0. The molecule has 0 N–H and O–H groups in total. The first-order valence-corrected chi connectivity index (χ1v) is 18.2. The van der Waals surface area contributed by atoms with Crippen LogP contribution in [0.4, 0.5) is 0 Å². The predicted octanol–water partition coefficient (Wildman–Crippen LogP) is 13.8. The fourth-order valence-electron chi connectivity index (χ4n) is 9.01. The van der Waals surface area contributed by atoms with E-state index in [2.05, 4.69) is 191 Å². The maximum Gasteiger partial charge on any atom is 0.160 e. The summed E-state index contributed by atoms with van der Waals surface area (Å²) in [6.07, 6.45) is 0. The molecule has 0 aliphatic carbocycles. The number of hydrogen-bond donors (Lipinski definition) is 0. The third kappa shape index (κ3) is 3.94. The van der Waals surface area contributed by atoms with E-state index in [0.29, 0.717) is 0 Å². The molecule has 12 aromatic rings. The molecule has 0 amide bonds. The number of furan rings is 1. The van der Waals surface area contributed by atoms with Gasteiger partial charge in [-0.1, -0.05) is 133 Å². The molecule has 3 aromatic heterocycles. The van der Waals surface area contributed by atoms with Crippen LogP contribution in [0.25, 0.3) is 110 Å². The van der Waals surface area contributed by atoms with Gasteiger partial charge in [-0.3, -0.25) is 0 Å². The van der Waals surface area contributed by atoms with Gasteiger partial charge < -0.3 is 13.6 Å². The van der Waals surface area contributed by atoms with E-state index in [1.165, 1.54) is 65.2 Å². The Morgan fingerprint density at radius 3 is 1.72 bits per heavy atom. The number of benzene rings is 9. The lowest BCUT2D eigenvalue weighted by atomic mass is 9.96. The van der Waals surface area contributed by atoms with Crippen LogP contribution >= 0.6 is 0 Å². The Balaban J connectivity index is 1.19. The zero-order valence-electron chi connectivity index (χ0n) is 28.6. The highest BCUT2D eigenvalue weighted by atomic mass is 16.3. The van der Waals surface area contributed by atoms with Gasteiger partial charge >= 0.3 is 0 Å². The molecule has 0 unspecified atom stereocenters. The molecule has 0 fully saturated rings. The number of para-hydroxylation sites is 3. The van der Waals surface area contributed by atoms with Gasteiger partial charge in [0, 0.05) is 49.1 Å². The van der Waals surface area contributed by atoms with E-state index < -0.39 is 0 Å². The largest absolute Gasteiger partial charge is 0.454 e.